The number of hydrogen-bond donors (Lipinski definition) is 1. The Labute approximate surface area is 153 Å². The number of halogens is 1. The summed E-state index contributed by atoms with van der Waals surface area (Å²) in [7, 11) is 0. The van der Waals surface area contributed by atoms with Crippen LogP contribution >= 0.6 is 27.3 Å². The van der Waals surface area contributed by atoms with E-state index in [0.29, 0.717) is 5.00 Å². The summed E-state index contributed by atoms with van der Waals surface area (Å²) in [6, 6.07) is 12.2. The average Bonchev–Trinajstić information content (AvgIpc) is 2.82. The van der Waals surface area contributed by atoms with E-state index in [1.54, 1.807) is 0 Å². The lowest BCUT2D eigenvalue weighted by molar-refractivity contribution is 0.0636. The summed E-state index contributed by atoms with van der Waals surface area (Å²) in [6.07, 6.45) is 1.37. The first-order valence-electron chi connectivity index (χ1n) is 7.47. The first kappa shape index (κ1) is 16.9. The Bertz CT molecular complexity index is 885. The number of ether oxygens (including phenoxy) is 1. The maximum Gasteiger partial charge on any atom is 0.412 e. The number of carbonyl (C=O) groups excluding carboxylic acids is 1. The Morgan fingerprint density at radius 3 is 2.58 bits per heavy atom. The number of aromatic nitrogens is 1. The molecule has 3 rings (SSSR count). The summed E-state index contributed by atoms with van der Waals surface area (Å²) < 4.78 is 7.07. The SMILES string of the molecule is CC(C)(C)OC(=O)Nc1sc2cc(-c3ccccc3)cnc2c1Br. The maximum absolute atomic E-state index is 12.0. The summed E-state index contributed by atoms with van der Waals surface area (Å²) in [6.45, 7) is 5.50. The minimum atomic E-state index is -0.536. The van der Waals surface area contributed by atoms with Crippen LogP contribution in [0, 0.1) is 0 Å². The third kappa shape index (κ3) is 3.76. The van der Waals surface area contributed by atoms with Gasteiger partial charge in [-0.05, 0) is 48.3 Å². The molecule has 0 saturated heterocycles. The fourth-order valence-corrected chi connectivity index (χ4v) is 3.98. The molecule has 0 fully saturated rings. The molecule has 0 unspecified atom stereocenters. The second-order valence-corrected chi connectivity index (χ2v) is 8.15. The molecule has 24 heavy (non-hydrogen) atoms. The molecular weight excluding hydrogens is 388 g/mol. The van der Waals surface area contributed by atoms with Crippen molar-refractivity contribution in [1.29, 1.82) is 0 Å². The van der Waals surface area contributed by atoms with Crippen molar-refractivity contribution < 1.29 is 9.53 Å². The van der Waals surface area contributed by atoms with Gasteiger partial charge in [-0.3, -0.25) is 10.3 Å². The van der Waals surface area contributed by atoms with Crippen molar-refractivity contribution in [3.8, 4) is 11.1 Å². The predicted octanol–water partition coefficient (Wildman–Crippen LogP) is 6.07. The first-order valence-corrected chi connectivity index (χ1v) is 9.08. The van der Waals surface area contributed by atoms with Crippen LogP contribution in [-0.4, -0.2) is 16.7 Å². The Hall–Kier alpha value is -1.92. The van der Waals surface area contributed by atoms with E-state index in [9.17, 15) is 4.79 Å². The van der Waals surface area contributed by atoms with Gasteiger partial charge in [-0.2, -0.15) is 0 Å². The van der Waals surface area contributed by atoms with Crippen molar-refractivity contribution in [3.63, 3.8) is 0 Å². The second kappa shape index (κ2) is 6.53. The molecular formula is C18H17BrN2O2S. The van der Waals surface area contributed by atoms with E-state index < -0.39 is 11.7 Å². The Morgan fingerprint density at radius 1 is 1.21 bits per heavy atom. The van der Waals surface area contributed by atoms with Crippen LogP contribution in [0.3, 0.4) is 0 Å². The minimum absolute atomic E-state index is 0.474. The normalized spacial score (nSPS) is 11.5. The van der Waals surface area contributed by atoms with Gasteiger partial charge in [-0.15, -0.1) is 11.3 Å². The highest BCUT2D eigenvalue weighted by Gasteiger charge is 2.19. The van der Waals surface area contributed by atoms with Crippen LogP contribution in [-0.2, 0) is 4.74 Å². The van der Waals surface area contributed by atoms with Gasteiger partial charge in [0.2, 0.25) is 0 Å². The van der Waals surface area contributed by atoms with Crippen molar-refractivity contribution in [2.24, 2.45) is 0 Å². The molecule has 0 aliphatic heterocycles. The average molecular weight is 405 g/mol. The van der Waals surface area contributed by atoms with Gasteiger partial charge in [-0.1, -0.05) is 30.3 Å². The molecule has 0 aliphatic rings. The zero-order chi connectivity index (χ0) is 17.3. The lowest BCUT2D eigenvalue weighted by Crippen LogP contribution is -2.27. The lowest BCUT2D eigenvalue weighted by Gasteiger charge is -2.19. The van der Waals surface area contributed by atoms with E-state index in [4.69, 9.17) is 4.74 Å². The van der Waals surface area contributed by atoms with Gasteiger partial charge in [0, 0.05) is 11.8 Å². The van der Waals surface area contributed by atoms with Gasteiger partial charge >= 0.3 is 6.09 Å². The number of nitrogens with one attached hydrogen (secondary N) is 1. The van der Waals surface area contributed by atoms with Gasteiger partial charge in [-0.25, -0.2) is 4.79 Å². The highest BCUT2D eigenvalue weighted by molar-refractivity contribution is 9.10. The molecule has 0 aliphatic carbocycles. The van der Waals surface area contributed by atoms with Crippen molar-refractivity contribution in [3.05, 3.63) is 47.1 Å². The van der Waals surface area contributed by atoms with Crippen molar-refractivity contribution in [1.82, 2.24) is 4.98 Å². The van der Waals surface area contributed by atoms with Crippen LogP contribution < -0.4 is 5.32 Å². The van der Waals surface area contributed by atoms with Gasteiger partial charge in [0.1, 0.15) is 10.6 Å². The Balaban J connectivity index is 1.91. The zero-order valence-corrected chi connectivity index (χ0v) is 16.0. The van der Waals surface area contributed by atoms with E-state index >= 15 is 0 Å². The number of rotatable bonds is 2. The molecule has 0 bridgehead atoms. The molecule has 4 nitrogen and oxygen atoms in total. The second-order valence-electron chi connectivity index (χ2n) is 6.31. The number of nitrogens with zero attached hydrogens (tertiary/aromatic N) is 1. The summed E-state index contributed by atoms with van der Waals surface area (Å²) in [5, 5.41) is 3.48. The monoisotopic (exact) mass is 404 g/mol. The smallest absolute Gasteiger partial charge is 0.412 e. The fraction of sp³-hybridized carbons (Fsp3) is 0.222. The van der Waals surface area contributed by atoms with Gasteiger partial charge < -0.3 is 4.74 Å². The highest BCUT2D eigenvalue weighted by Crippen LogP contribution is 2.40. The Kier molecular flexibility index (Phi) is 4.60. The van der Waals surface area contributed by atoms with Crippen LogP contribution in [0.15, 0.2) is 47.1 Å². The molecule has 0 radical (unpaired) electrons. The summed E-state index contributed by atoms with van der Waals surface area (Å²) in [5.41, 5.74) is 2.44. The quantitative estimate of drug-likeness (QED) is 0.563. The molecule has 2 aromatic heterocycles. The maximum atomic E-state index is 12.0. The molecule has 1 N–H and O–H groups in total. The number of carbonyl (C=O) groups is 1. The molecule has 0 atom stereocenters. The first-order chi connectivity index (χ1) is 11.3. The molecule has 6 heteroatoms. The summed E-state index contributed by atoms with van der Waals surface area (Å²) in [4.78, 5) is 16.5. The van der Waals surface area contributed by atoms with E-state index in [2.05, 4.69) is 32.3 Å². The fourth-order valence-electron chi connectivity index (χ4n) is 2.21. The highest BCUT2D eigenvalue weighted by atomic mass is 79.9. The zero-order valence-electron chi connectivity index (χ0n) is 13.6. The van der Waals surface area contributed by atoms with Crippen LogP contribution in [0.1, 0.15) is 20.8 Å². The van der Waals surface area contributed by atoms with Crippen molar-refractivity contribution >= 4 is 48.6 Å². The number of fused-ring (bicyclic) bond motifs is 1. The number of amides is 1. The number of anilines is 1. The van der Waals surface area contributed by atoms with Gasteiger partial charge in [0.25, 0.3) is 0 Å². The molecule has 0 saturated carbocycles. The van der Waals surface area contributed by atoms with Crippen LogP contribution in [0.2, 0.25) is 0 Å². The predicted molar refractivity (Wildman–Crippen MR) is 103 cm³/mol. The lowest BCUT2D eigenvalue weighted by atomic mass is 10.1. The summed E-state index contributed by atoms with van der Waals surface area (Å²) >= 11 is 4.98. The number of benzene rings is 1. The van der Waals surface area contributed by atoms with E-state index in [1.165, 1.54) is 11.3 Å². The van der Waals surface area contributed by atoms with Crippen LogP contribution in [0.25, 0.3) is 21.3 Å². The van der Waals surface area contributed by atoms with Gasteiger partial charge in [0.15, 0.2) is 0 Å². The largest absolute Gasteiger partial charge is 0.444 e. The van der Waals surface area contributed by atoms with Crippen molar-refractivity contribution in [2.45, 2.75) is 26.4 Å². The number of hydrogen-bond acceptors (Lipinski definition) is 4. The molecule has 2 heterocycles. The number of thiophene rings is 1. The van der Waals surface area contributed by atoms with Crippen molar-refractivity contribution in [2.75, 3.05) is 5.32 Å². The van der Waals surface area contributed by atoms with E-state index in [-0.39, 0.29) is 0 Å². The van der Waals surface area contributed by atoms with Gasteiger partial charge in [0.05, 0.1) is 14.7 Å². The third-order valence-corrected chi connectivity index (χ3v) is 5.27. The Morgan fingerprint density at radius 2 is 1.92 bits per heavy atom. The van der Waals surface area contributed by atoms with Crippen LogP contribution in [0.5, 0.6) is 0 Å². The standard InChI is InChI=1S/C18H17BrN2O2S/c1-18(2,3)23-17(22)21-16-14(19)15-13(24-16)9-12(10-20-15)11-7-5-4-6-8-11/h4-10H,1-3H3,(H,21,22). The van der Waals surface area contributed by atoms with E-state index in [1.807, 2.05) is 57.3 Å². The summed E-state index contributed by atoms with van der Waals surface area (Å²) in [5.74, 6) is 0. The topological polar surface area (TPSA) is 51.2 Å². The number of pyridine rings is 1. The minimum Gasteiger partial charge on any atom is -0.444 e. The third-order valence-electron chi connectivity index (χ3n) is 3.19. The molecule has 1 amide bonds. The molecule has 0 spiro atoms. The molecule has 124 valence electrons. The molecule has 3 aromatic rings. The molecule has 1 aromatic carbocycles. The van der Waals surface area contributed by atoms with E-state index in [0.717, 1.165) is 25.8 Å². The van der Waals surface area contributed by atoms with Crippen LogP contribution in [0.4, 0.5) is 9.80 Å².